The van der Waals surface area contributed by atoms with Gasteiger partial charge in [-0.1, -0.05) is 13.8 Å². The van der Waals surface area contributed by atoms with E-state index < -0.39 is 16.9 Å². The Morgan fingerprint density at radius 3 is 2.39 bits per heavy atom. The molecule has 1 unspecified atom stereocenters. The minimum absolute atomic E-state index is 0.0160. The van der Waals surface area contributed by atoms with Gasteiger partial charge in [0.05, 0.1) is 12.0 Å². The summed E-state index contributed by atoms with van der Waals surface area (Å²) < 4.78 is 5.11. The van der Waals surface area contributed by atoms with Gasteiger partial charge in [0, 0.05) is 19.6 Å². The molecule has 4 N–H and O–H groups in total. The van der Waals surface area contributed by atoms with Crippen molar-refractivity contribution in [1.29, 1.82) is 0 Å². The number of nitrogens with one attached hydrogen (secondary N) is 1. The molecule has 0 aromatic heterocycles. The molecule has 1 rings (SSSR count). The van der Waals surface area contributed by atoms with Gasteiger partial charge in [0.1, 0.15) is 0 Å². The Balaban J connectivity index is 2.88. The van der Waals surface area contributed by atoms with E-state index in [9.17, 15) is 14.7 Å². The van der Waals surface area contributed by atoms with Crippen LogP contribution in [0.2, 0.25) is 0 Å². The molecule has 0 aromatic carbocycles. The zero-order valence-corrected chi connectivity index (χ0v) is 11.0. The molecular weight excluding hydrogens is 236 g/mol. The maximum Gasteiger partial charge on any atom is 0.331 e. The first kappa shape index (κ1) is 14.9. The first-order valence-corrected chi connectivity index (χ1v) is 6.30. The van der Waals surface area contributed by atoms with Gasteiger partial charge in [-0.3, -0.25) is 4.79 Å². The van der Waals surface area contributed by atoms with Crippen molar-refractivity contribution in [2.75, 3.05) is 19.8 Å². The number of hydrogen-bond acceptors (Lipinski definition) is 4. The van der Waals surface area contributed by atoms with Crippen molar-refractivity contribution in [2.24, 2.45) is 11.1 Å². The number of hydrogen-bond donors (Lipinski definition) is 3. The number of carbonyl (C=O) groups is 2. The van der Waals surface area contributed by atoms with Crippen molar-refractivity contribution in [3.05, 3.63) is 0 Å². The summed E-state index contributed by atoms with van der Waals surface area (Å²) in [4.78, 5) is 23.6. The van der Waals surface area contributed by atoms with E-state index in [0.29, 0.717) is 25.9 Å². The van der Waals surface area contributed by atoms with Crippen molar-refractivity contribution < 1.29 is 19.4 Å². The van der Waals surface area contributed by atoms with E-state index in [1.807, 2.05) is 13.8 Å². The third-order valence-electron chi connectivity index (χ3n) is 4.01. The number of nitrogens with two attached hydrogens (primary N) is 1. The van der Waals surface area contributed by atoms with E-state index in [0.717, 1.165) is 0 Å². The second-order valence-corrected chi connectivity index (χ2v) is 4.84. The normalized spacial score (nSPS) is 23.9. The number of rotatable bonds is 6. The van der Waals surface area contributed by atoms with Crippen molar-refractivity contribution >= 4 is 11.9 Å². The summed E-state index contributed by atoms with van der Waals surface area (Å²) in [5.74, 6) is -1.34. The van der Waals surface area contributed by atoms with Gasteiger partial charge < -0.3 is 20.9 Å². The molecule has 1 aliphatic heterocycles. The maximum absolute atomic E-state index is 12.3. The molecule has 1 fully saturated rings. The Kier molecular flexibility index (Phi) is 4.70. The zero-order chi connectivity index (χ0) is 13.8. The van der Waals surface area contributed by atoms with Crippen LogP contribution in [0.15, 0.2) is 0 Å². The Labute approximate surface area is 107 Å². The van der Waals surface area contributed by atoms with E-state index in [-0.39, 0.29) is 19.1 Å². The Morgan fingerprint density at radius 2 is 2.06 bits per heavy atom. The minimum atomic E-state index is -1.29. The number of carbonyl (C=O) groups excluding carboxylic acids is 1. The molecule has 0 spiro atoms. The van der Waals surface area contributed by atoms with Crippen LogP contribution in [-0.2, 0) is 14.3 Å². The van der Waals surface area contributed by atoms with Crippen LogP contribution in [0.5, 0.6) is 0 Å². The monoisotopic (exact) mass is 258 g/mol. The molecule has 0 saturated carbocycles. The van der Waals surface area contributed by atoms with E-state index in [1.165, 1.54) is 0 Å². The molecular formula is C12H22N2O4. The summed E-state index contributed by atoms with van der Waals surface area (Å²) in [6, 6.07) is 0. The number of aliphatic carboxylic acids is 1. The highest BCUT2D eigenvalue weighted by Gasteiger charge is 2.47. The summed E-state index contributed by atoms with van der Waals surface area (Å²) in [6.07, 6.45) is 1.47. The maximum atomic E-state index is 12.3. The van der Waals surface area contributed by atoms with Crippen molar-refractivity contribution in [3.63, 3.8) is 0 Å². The van der Waals surface area contributed by atoms with Crippen LogP contribution in [0.25, 0.3) is 0 Å². The second-order valence-electron chi connectivity index (χ2n) is 4.84. The summed E-state index contributed by atoms with van der Waals surface area (Å²) in [7, 11) is 0. The molecule has 0 radical (unpaired) electrons. The first-order chi connectivity index (χ1) is 8.46. The highest BCUT2D eigenvalue weighted by molar-refractivity contribution is 5.90. The van der Waals surface area contributed by atoms with Crippen molar-refractivity contribution in [3.8, 4) is 0 Å². The number of carboxylic acid groups (broad SMARTS) is 1. The lowest BCUT2D eigenvalue weighted by molar-refractivity contribution is -0.149. The molecule has 104 valence electrons. The Hall–Kier alpha value is -1.14. The molecule has 6 heteroatoms. The van der Waals surface area contributed by atoms with Crippen molar-refractivity contribution in [1.82, 2.24) is 5.32 Å². The Bertz CT molecular complexity index is 312. The molecule has 6 nitrogen and oxygen atoms in total. The fourth-order valence-corrected chi connectivity index (χ4v) is 2.19. The van der Waals surface area contributed by atoms with Gasteiger partial charge in [0.2, 0.25) is 5.91 Å². The molecule has 1 heterocycles. The smallest absolute Gasteiger partial charge is 0.331 e. The van der Waals surface area contributed by atoms with Crippen LogP contribution < -0.4 is 11.1 Å². The molecule has 1 saturated heterocycles. The minimum Gasteiger partial charge on any atom is -0.479 e. The van der Waals surface area contributed by atoms with E-state index in [2.05, 4.69) is 5.32 Å². The fraction of sp³-hybridized carbons (Fsp3) is 0.833. The molecule has 18 heavy (non-hydrogen) atoms. The Morgan fingerprint density at radius 1 is 1.44 bits per heavy atom. The summed E-state index contributed by atoms with van der Waals surface area (Å²) in [6.45, 7) is 4.34. The molecule has 1 amide bonds. The summed E-state index contributed by atoms with van der Waals surface area (Å²) >= 11 is 0. The van der Waals surface area contributed by atoms with Gasteiger partial charge in [0.25, 0.3) is 0 Å². The third kappa shape index (κ3) is 2.49. The molecule has 0 aliphatic carbocycles. The van der Waals surface area contributed by atoms with E-state index in [4.69, 9.17) is 10.5 Å². The van der Waals surface area contributed by atoms with Gasteiger partial charge in [-0.05, 0) is 12.8 Å². The van der Waals surface area contributed by atoms with Crippen LogP contribution in [-0.4, -0.2) is 42.3 Å². The molecule has 0 aromatic rings. The number of carboxylic acids is 1. The number of amides is 1. The molecule has 1 aliphatic rings. The van der Waals surface area contributed by atoms with E-state index >= 15 is 0 Å². The topological polar surface area (TPSA) is 102 Å². The lowest BCUT2D eigenvalue weighted by Gasteiger charge is -2.33. The van der Waals surface area contributed by atoms with Gasteiger partial charge >= 0.3 is 5.97 Å². The van der Waals surface area contributed by atoms with E-state index in [1.54, 1.807) is 0 Å². The van der Waals surface area contributed by atoms with Gasteiger partial charge in [-0.15, -0.1) is 0 Å². The largest absolute Gasteiger partial charge is 0.479 e. The highest BCUT2D eigenvalue weighted by Crippen LogP contribution is 2.28. The van der Waals surface area contributed by atoms with Gasteiger partial charge in [-0.25, -0.2) is 4.79 Å². The standard InChI is InChI=1S/C12H22N2O4/c1-3-11(4-2,7-13)9(15)14-12(10(16)17)5-6-18-8-12/h3-8,13H2,1-2H3,(H,14,15)(H,16,17). The average molecular weight is 258 g/mol. The van der Waals surface area contributed by atoms with Crippen LogP contribution in [0.1, 0.15) is 33.1 Å². The SMILES string of the molecule is CCC(CC)(CN)C(=O)NC1(C(=O)O)CCOC1. The number of ether oxygens (including phenoxy) is 1. The second kappa shape index (κ2) is 5.67. The van der Waals surface area contributed by atoms with Crippen LogP contribution in [0, 0.1) is 5.41 Å². The average Bonchev–Trinajstić information content (AvgIpc) is 2.82. The predicted octanol–water partition coefficient (Wildman–Crippen LogP) is 0.111. The van der Waals surface area contributed by atoms with Crippen molar-refractivity contribution in [2.45, 2.75) is 38.6 Å². The van der Waals surface area contributed by atoms with Gasteiger partial charge in [-0.2, -0.15) is 0 Å². The lowest BCUT2D eigenvalue weighted by Crippen LogP contribution is -2.59. The lowest BCUT2D eigenvalue weighted by atomic mass is 9.80. The summed E-state index contributed by atoms with van der Waals surface area (Å²) in [5.41, 5.74) is 3.70. The van der Waals surface area contributed by atoms with Crippen LogP contribution in [0.4, 0.5) is 0 Å². The third-order valence-corrected chi connectivity index (χ3v) is 4.01. The van der Waals surface area contributed by atoms with Crippen LogP contribution >= 0.6 is 0 Å². The zero-order valence-electron chi connectivity index (χ0n) is 11.0. The fourth-order valence-electron chi connectivity index (χ4n) is 2.19. The van der Waals surface area contributed by atoms with Crippen LogP contribution in [0.3, 0.4) is 0 Å². The first-order valence-electron chi connectivity index (χ1n) is 6.30. The predicted molar refractivity (Wildman–Crippen MR) is 66.0 cm³/mol. The van der Waals surface area contributed by atoms with Gasteiger partial charge in [0.15, 0.2) is 5.54 Å². The quantitative estimate of drug-likeness (QED) is 0.627. The molecule has 0 bridgehead atoms. The highest BCUT2D eigenvalue weighted by atomic mass is 16.5. The summed E-state index contributed by atoms with van der Waals surface area (Å²) in [5, 5.41) is 11.9. The molecule has 1 atom stereocenters.